The summed E-state index contributed by atoms with van der Waals surface area (Å²) < 4.78 is 38.6. The number of nitrogens with zero attached hydrogens (tertiary/aromatic N) is 2. The van der Waals surface area contributed by atoms with Crippen molar-refractivity contribution in [2.24, 2.45) is 5.73 Å². The summed E-state index contributed by atoms with van der Waals surface area (Å²) in [6.07, 6.45) is -0.324. The van der Waals surface area contributed by atoms with Gasteiger partial charge in [-0.05, 0) is 26.3 Å². The lowest BCUT2D eigenvalue weighted by Crippen LogP contribution is -2.71. The number of hydrogen-bond acceptors (Lipinski definition) is 13. The molecule has 4 aliphatic rings. The minimum Gasteiger partial charge on any atom is -0.464 e. The van der Waals surface area contributed by atoms with Crippen molar-refractivity contribution >= 4 is 69.6 Å². The van der Waals surface area contributed by atoms with E-state index in [1.165, 1.54) is 23.6 Å². The van der Waals surface area contributed by atoms with E-state index in [9.17, 15) is 37.2 Å². The van der Waals surface area contributed by atoms with Crippen LogP contribution >= 0.6 is 24.2 Å². The van der Waals surface area contributed by atoms with Crippen molar-refractivity contribution < 1.29 is 51.4 Å². The smallest absolute Gasteiger partial charge is 0.333 e. The Kier molecular flexibility index (Phi) is 9.25. The van der Waals surface area contributed by atoms with Crippen LogP contribution in [0.25, 0.3) is 0 Å². The number of halogens is 1. The largest absolute Gasteiger partial charge is 0.464 e. The Morgan fingerprint density at radius 1 is 1.02 bits per heavy atom. The summed E-state index contributed by atoms with van der Waals surface area (Å²) in [5.41, 5.74) is 6.62. The number of nitrogens with two attached hydrogens (primary N) is 1. The summed E-state index contributed by atoms with van der Waals surface area (Å²) in [7, 11) is -4.13. The van der Waals surface area contributed by atoms with Crippen LogP contribution in [-0.2, 0) is 52.8 Å². The van der Waals surface area contributed by atoms with Crippen LogP contribution in [0.15, 0.2) is 30.3 Å². The third-order valence-corrected chi connectivity index (χ3v) is 12.7. The molecule has 4 saturated heterocycles. The fourth-order valence-electron chi connectivity index (χ4n) is 5.98. The van der Waals surface area contributed by atoms with E-state index < -0.39 is 103 Å². The zero-order valence-corrected chi connectivity index (χ0v) is 27.1. The Bertz CT molecular complexity index is 1540. The number of sulfone groups is 1. The molecule has 45 heavy (non-hydrogen) atoms. The van der Waals surface area contributed by atoms with E-state index in [2.05, 4.69) is 5.32 Å². The maximum absolute atomic E-state index is 13.2. The average molecular weight is 689 g/mol. The highest BCUT2D eigenvalue weighted by Crippen LogP contribution is 2.51. The van der Waals surface area contributed by atoms with E-state index in [0.717, 1.165) is 11.8 Å². The predicted octanol–water partition coefficient (Wildman–Crippen LogP) is -0.624. The van der Waals surface area contributed by atoms with Gasteiger partial charge in [-0.25, -0.2) is 18.0 Å². The molecule has 0 aliphatic carbocycles. The average Bonchev–Trinajstić information content (AvgIpc) is 3.30. The van der Waals surface area contributed by atoms with Gasteiger partial charge in [0.15, 0.2) is 15.9 Å². The summed E-state index contributed by atoms with van der Waals surface area (Å²) in [5, 5.41) is 0.815. The Labute approximate surface area is 269 Å². The van der Waals surface area contributed by atoms with Gasteiger partial charge in [-0.1, -0.05) is 30.3 Å². The molecule has 0 aromatic heterocycles. The van der Waals surface area contributed by atoms with Crippen molar-refractivity contribution in [2.75, 3.05) is 13.4 Å². The van der Waals surface area contributed by atoms with Gasteiger partial charge in [-0.15, -0.1) is 24.2 Å². The van der Waals surface area contributed by atoms with Gasteiger partial charge in [0.05, 0.1) is 6.42 Å². The molecule has 1 unspecified atom stereocenters. The number of carbonyl (C=O) groups is 6. The van der Waals surface area contributed by atoms with Gasteiger partial charge < -0.3 is 35.1 Å². The van der Waals surface area contributed by atoms with E-state index >= 15 is 0 Å². The number of ether oxygens (including phenoxy) is 3. The maximum Gasteiger partial charge on any atom is 0.333 e. The normalized spacial score (nSPS) is 30.8. The van der Waals surface area contributed by atoms with Gasteiger partial charge in [0.2, 0.25) is 24.5 Å². The summed E-state index contributed by atoms with van der Waals surface area (Å²) in [6, 6.07) is 3.99. The Hall–Kier alpha value is -3.41. The standard InChI is InChI=1S/C27H32N4O11S2.ClH/c1-13(32)40-11-27(4)20(30-15(33)10-16(30)44(27,38)39)25(37)42-12-41-24(36)19-26(2,3)43-23-18(22(35)31(19)23)29-21(34)17(28)14-8-6-5-7-9-14;/h5-9,16-20,23H,10-12,28H2,1-4H3,(H,29,34);1H/t16-,17?,18-,19+,20+,23-,27+;/m1./s1. The molecule has 0 saturated carbocycles. The third kappa shape index (κ3) is 5.53. The second-order valence-corrected chi connectivity index (χ2v) is 16.0. The summed E-state index contributed by atoms with van der Waals surface area (Å²) in [6.45, 7) is 4.07. The lowest BCUT2D eigenvalue weighted by atomic mass is 9.95. The molecule has 4 heterocycles. The van der Waals surface area contributed by atoms with E-state index in [1.54, 1.807) is 44.2 Å². The zero-order chi connectivity index (χ0) is 32.4. The van der Waals surface area contributed by atoms with Crippen LogP contribution in [0.1, 0.15) is 45.7 Å². The van der Waals surface area contributed by atoms with Crippen LogP contribution in [0.2, 0.25) is 0 Å². The van der Waals surface area contributed by atoms with Crippen LogP contribution in [0, 0.1) is 0 Å². The zero-order valence-electron chi connectivity index (χ0n) is 24.7. The van der Waals surface area contributed by atoms with Gasteiger partial charge in [0.25, 0.3) is 0 Å². The molecule has 246 valence electrons. The van der Waals surface area contributed by atoms with Gasteiger partial charge in [-0.3, -0.25) is 19.2 Å². The van der Waals surface area contributed by atoms with Gasteiger partial charge in [0.1, 0.15) is 40.2 Å². The highest BCUT2D eigenvalue weighted by Gasteiger charge is 2.71. The molecule has 7 atom stereocenters. The monoisotopic (exact) mass is 688 g/mol. The van der Waals surface area contributed by atoms with Crippen molar-refractivity contribution in [3.63, 3.8) is 0 Å². The Morgan fingerprint density at radius 2 is 1.62 bits per heavy atom. The molecule has 4 aliphatic heterocycles. The third-order valence-electron chi connectivity index (χ3n) is 8.40. The van der Waals surface area contributed by atoms with Crippen molar-refractivity contribution in [2.45, 2.75) is 78.5 Å². The minimum absolute atomic E-state index is 0. The molecule has 3 N–H and O–H groups in total. The number of carbonyl (C=O) groups excluding carboxylic acids is 6. The highest BCUT2D eigenvalue weighted by molar-refractivity contribution is 8.01. The highest BCUT2D eigenvalue weighted by atomic mass is 35.5. The number of rotatable bonds is 9. The van der Waals surface area contributed by atoms with E-state index in [4.69, 9.17) is 19.9 Å². The molecule has 4 fully saturated rings. The molecule has 18 heteroatoms. The van der Waals surface area contributed by atoms with Crippen LogP contribution in [0.5, 0.6) is 0 Å². The fourth-order valence-corrected chi connectivity index (χ4v) is 9.87. The van der Waals surface area contributed by atoms with Gasteiger partial charge in [0, 0.05) is 11.7 Å². The molecule has 3 amide bonds. The number of thioether (sulfide) groups is 1. The predicted molar refractivity (Wildman–Crippen MR) is 159 cm³/mol. The molecule has 5 rings (SSSR count). The molecular weight excluding hydrogens is 656 g/mol. The molecule has 1 aromatic rings. The molecular formula is C27H33ClN4O11S2. The fraction of sp³-hybridized carbons (Fsp3) is 0.556. The van der Waals surface area contributed by atoms with Crippen LogP contribution in [0.3, 0.4) is 0 Å². The van der Waals surface area contributed by atoms with E-state index in [-0.39, 0.29) is 18.8 Å². The lowest BCUT2D eigenvalue weighted by molar-refractivity contribution is -0.182. The van der Waals surface area contributed by atoms with Gasteiger partial charge in [-0.2, -0.15) is 0 Å². The van der Waals surface area contributed by atoms with Crippen LogP contribution < -0.4 is 11.1 Å². The summed E-state index contributed by atoms with van der Waals surface area (Å²) in [5.74, 6) is -4.50. The first-order chi connectivity index (χ1) is 20.5. The van der Waals surface area contributed by atoms with Gasteiger partial charge >= 0.3 is 17.9 Å². The minimum atomic E-state index is -4.13. The van der Waals surface area contributed by atoms with Crippen LogP contribution in [-0.4, -0.2) is 106 Å². The lowest BCUT2D eigenvalue weighted by Gasteiger charge is -2.44. The van der Waals surface area contributed by atoms with Crippen molar-refractivity contribution in [1.82, 2.24) is 15.1 Å². The summed E-state index contributed by atoms with van der Waals surface area (Å²) in [4.78, 5) is 77.9. The van der Waals surface area contributed by atoms with Crippen molar-refractivity contribution in [1.29, 1.82) is 0 Å². The number of fused-ring (bicyclic) bond motifs is 2. The molecule has 15 nitrogen and oxygen atoms in total. The number of benzene rings is 1. The first-order valence-electron chi connectivity index (χ1n) is 13.6. The molecule has 0 radical (unpaired) electrons. The topological polar surface area (TPSA) is 209 Å². The first-order valence-corrected chi connectivity index (χ1v) is 16.1. The SMILES string of the molecule is CC(=O)OC[C@@]1(C)[C@H](C(=O)OCOC(=O)[C@@H]2N3C(=O)[C@@H](NC(=O)C(N)c4ccccc4)[C@H]3SC2(C)C)N2C(=O)C[C@H]2S1(=O)=O.Cl. The van der Waals surface area contributed by atoms with Crippen LogP contribution in [0.4, 0.5) is 0 Å². The number of β-lactam (4-membered cyclic amide) rings is 2. The van der Waals surface area contributed by atoms with Crippen molar-refractivity contribution in [3.8, 4) is 0 Å². The first kappa shape index (κ1) is 34.5. The number of esters is 3. The van der Waals surface area contributed by atoms with E-state index in [0.29, 0.717) is 5.56 Å². The summed E-state index contributed by atoms with van der Waals surface area (Å²) >= 11 is 1.28. The van der Waals surface area contributed by atoms with Crippen molar-refractivity contribution in [3.05, 3.63) is 35.9 Å². The number of hydrogen-bond donors (Lipinski definition) is 2. The molecule has 1 aromatic carbocycles. The Balaban J connectivity index is 0.00000461. The maximum atomic E-state index is 13.2. The number of nitrogens with one attached hydrogen (secondary N) is 1. The second-order valence-electron chi connectivity index (χ2n) is 11.7. The second kappa shape index (κ2) is 12.1. The molecule has 0 spiro atoms. The van der Waals surface area contributed by atoms with E-state index in [1.807, 2.05) is 0 Å². The quantitative estimate of drug-likeness (QED) is 0.188. The Morgan fingerprint density at radius 3 is 2.20 bits per heavy atom. The number of amides is 3. The molecule has 0 bridgehead atoms.